The third kappa shape index (κ3) is 3.11. The fourth-order valence-corrected chi connectivity index (χ4v) is 2.49. The van der Waals surface area contributed by atoms with Gasteiger partial charge in [0.25, 0.3) is 0 Å². The molecule has 1 aromatic rings. The predicted octanol–water partition coefficient (Wildman–Crippen LogP) is 2.40. The van der Waals surface area contributed by atoms with E-state index in [4.69, 9.17) is 14.0 Å². The van der Waals surface area contributed by atoms with Crippen LogP contribution in [0.1, 0.15) is 19.3 Å². The molecule has 21 heavy (non-hydrogen) atoms. The van der Waals surface area contributed by atoms with Crippen molar-refractivity contribution >= 4 is 10.1 Å². The van der Waals surface area contributed by atoms with Gasteiger partial charge < -0.3 is 9.47 Å². The van der Waals surface area contributed by atoms with Gasteiger partial charge in [-0.2, -0.15) is 17.2 Å². The lowest BCUT2D eigenvalue weighted by atomic mass is 10.2. The van der Waals surface area contributed by atoms with Gasteiger partial charge in [0.2, 0.25) is 11.6 Å². The van der Waals surface area contributed by atoms with Crippen molar-refractivity contribution in [2.75, 3.05) is 6.61 Å². The zero-order valence-electron chi connectivity index (χ0n) is 10.4. The van der Waals surface area contributed by atoms with Gasteiger partial charge in [-0.25, -0.2) is 8.78 Å². The molecule has 2 rings (SSSR count). The Hall–Kier alpha value is -1.39. The van der Waals surface area contributed by atoms with Gasteiger partial charge >= 0.3 is 10.1 Å². The van der Waals surface area contributed by atoms with Crippen molar-refractivity contribution in [2.45, 2.75) is 30.4 Å². The molecule has 1 aliphatic heterocycles. The van der Waals surface area contributed by atoms with E-state index in [1.165, 1.54) is 0 Å². The third-order valence-corrected chi connectivity index (χ3v) is 3.70. The largest absolute Gasteiger partial charge is 0.459 e. The molecule has 0 radical (unpaired) electrons. The second-order valence-electron chi connectivity index (χ2n) is 4.30. The van der Waals surface area contributed by atoms with Crippen molar-refractivity contribution < 1.29 is 40.0 Å². The summed E-state index contributed by atoms with van der Waals surface area (Å²) in [6.07, 6.45) is 0.484. The monoisotopic (exact) mass is 330 g/mol. The summed E-state index contributed by atoms with van der Waals surface area (Å²) in [4.78, 5) is -2.10. The molecule has 10 heteroatoms. The van der Waals surface area contributed by atoms with Crippen LogP contribution in [0, 0.1) is 23.3 Å². The van der Waals surface area contributed by atoms with Crippen molar-refractivity contribution in [3.8, 4) is 5.75 Å². The van der Waals surface area contributed by atoms with E-state index < -0.39 is 50.3 Å². The highest BCUT2D eigenvalue weighted by molar-refractivity contribution is 7.85. The van der Waals surface area contributed by atoms with Crippen molar-refractivity contribution in [3.63, 3.8) is 0 Å². The van der Waals surface area contributed by atoms with E-state index in [1.54, 1.807) is 0 Å². The minimum absolute atomic E-state index is 0.252. The van der Waals surface area contributed by atoms with E-state index in [1.807, 2.05) is 0 Å². The Balaban J connectivity index is 2.48. The Morgan fingerprint density at radius 2 is 1.62 bits per heavy atom. The molecule has 1 atom stereocenters. The van der Waals surface area contributed by atoms with Crippen LogP contribution in [-0.4, -0.2) is 25.9 Å². The predicted molar refractivity (Wildman–Crippen MR) is 60.3 cm³/mol. The number of hydrogen-bond donors (Lipinski definition) is 1. The lowest BCUT2D eigenvalue weighted by Gasteiger charge is -2.24. The van der Waals surface area contributed by atoms with Gasteiger partial charge in [-0.1, -0.05) is 0 Å². The maximum absolute atomic E-state index is 13.7. The summed E-state index contributed by atoms with van der Waals surface area (Å²) in [5, 5.41) is 0. The van der Waals surface area contributed by atoms with Gasteiger partial charge in [-0.05, 0) is 12.8 Å². The normalized spacial score (nSPS) is 19.6. The van der Waals surface area contributed by atoms with Gasteiger partial charge in [0.1, 0.15) is 0 Å². The van der Waals surface area contributed by atoms with Crippen molar-refractivity contribution in [1.82, 2.24) is 0 Å². The molecule has 0 spiro atoms. The Bertz CT molecular complexity index is 626. The van der Waals surface area contributed by atoms with E-state index >= 15 is 0 Å². The lowest BCUT2D eigenvalue weighted by molar-refractivity contribution is -0.109. The molecule has 1 unspecified atom stereocenters. The van der Waals surface area contributed by atoms with Crippen molar-refractivity contribution in [2.24, 2.45) is 0 Å². The smallest absolute Gasteiger partial charge is 0.300 e. The number of rotatable bonds is 3. The Morgan fingerprint density at radius 1 is 1.05 bits per heavy atom. The fraction of sp³-hybridized carbons (Fsp3) is 0.455. The summed E-state index contributed by atoms with van der Waals surface area (Å²) in [5.41, 5.74) is 0. The SMILES string of the molecule is O=S(=O)(O)c1c(F)c(F)c(OC2CCCCO2)c(F)c1F. The average Bonchev–Trinajstić information content (AvgIpc) is 2.41. The molecule has 118 valence electrons. The fourth-order valence-electron chi connectivity index (χ4n) is 1.86. The molecule has 1 aromatic carbocycles. The van der Waals surface area contributed by atoms with E-state index in [9.17, 15) is 26.0 Å². The minimum atomic E-state index is -5.48. The zero-order chi connectivity index (χ0) is 15.8. The molecular weight excluding hydrogens is 320 g/mol. The highest BCUT2D eigenvalue weighted by atomic mass is 32.2. The minimum Gasteiger partial charge on any atom is -0.459 e. The zero-order valence-corrected chi connectivity index (χ0v) is 11.2. The van der Waals surface area contributed by atoms with E-state index in [-0.39, 0.29) is 13.0 Å². The van der Waals surface area contributed by atoms with Crippen LogP contribution in [-0.2, 0) is 14.9 Å². The molecular formula is C11H10F4O5S. The summed E-state index contributed by atoms with van der Waals surface area (Å²) >= 11 is 0. The summed E-state index contributed by atoms with van der Waals surface area (Å²) in [5.74, 6) is -10.1. The van der Waals surface area contributed by atoms with E-state index in [2.05, 4.69) is 0 Å². The first-order chi connectivity index (χ1) is 9.73. The van der Waals surface area contributed by atoms with Crippen LogP contribution in [0.3, 0.4) is 0 Å². The number of benzene rings is 1. The lowest BCUT2D eigenvalue weighted by Crippen LogP contribution is -2.26. The molecule has 1 heterocycles. The molecule has 1 N–H and O–H groups in total. The standard InChI is InChI=1S/C11H10F4O5S/c12-6-8(14)11(21(16,17)18)9(15)7(13)10(6)20-5-3-1-2-4-19-5/h5H,1-4H2,(H,16,17,18). The molecule has 0 aliphatic carbocycles. The highest BCUT2D eigenvalue weighted by Gasteiger charge is 2.34. The molecule has 5 nitrogen and oxygen atoms in total. The van der Waals surface area contributed by atoms with Crippen LogP contribution in [0.4, 0.5) is 17.6 Å². The first-order valence-corrected chi connectivity index (χ1v) is 7.29. The molecule has 0 saturated carbocycles. The van der Waals surface area contributed by atoms with Gasteiger partial charge in [0, 0.05) is 6.42 Å². The third-order valence-electron chi connectivity index (χ3n) is 2.83. The van der Waals surface area contributed by atoms with Gasteiger partial charge in [0.05, 0.1) is 6.61 Å². The first-order valence-electron chi connectivity index (χ1n) is 5.85. The molecule has 0 bridgehead atoms. The highest BCUT2D eigenvalue weighted by Crippen LogP contribution is 2.33. The average molecular weight is 330 g/mol. The van der Waals surface area contributed by atoms with Crippen LogP contribution in [0.2, 0.25) is 0 Å². The maximum atomic E-state index is 13.7. The Kier molecular flexibility index (Phi) is 4.40. The van der Waals surface area contributed by atoms with Crippen molar-refractivity contribution in [3.05, 3.63) is 23.3 Å². The topological polar surface area (TPSA) is 72.8 Å². The van der Waals surface area contributed by atoms with Crippen LogP contribution < -0.4 is 4.74 Å². The van der Waals surface area contributed by atoms with Crippen LogP contribution >= 0.6 is 0 Å². The van der Waals surface area contributed by atoms with E-state index in [0.717, 1.165) is 0 Å². The second-order valence-corrected chi connectivity index (χ2v) is 5.66. The summed E-state index contributed by atoms with van der Waals surface area (Å²) in [6, 6.07) is 0. The molecule has 0 amide bonds. The maximum Gasteiger partial charge on any atom is 0.300 e. The van der Waals surface area contributed by atoms with Crippen LogP contribution in [0.15, 0.2) is 4.90 Å². The van der Waals surface area contributed by atoms with Crippen molar-refractivity contribution in [1.29, 1.82) is 0 Å². The summed E-state index contributed by atoms with van der Waals surface area (Å²) in [6.45, 7) is 0.252. The first kappa shape index (κ1) is 16.0. The second kappa shape index (κ2) is 5.78. The number of hydrogen-bond acceptors (Lipinski definition) is 4. The van der Waals surface area contributed by atoms with Gasteiger partial charge in [0.15, 0.2) is 28.6 Å². The molecule has 1 aliphatic rings. The van der Waals surface area contributed by atoms with Crippen LogP contribution in [0.5, 0.6) is 5.75 Å². The Morgan fingerprint density at radius 3 is 2.05 bits per heavy atom. The summed E-state index contributed by atoms with van der Waals surface area (Å²) < 4.78 is 94.2. The number of ether oxygens (including phenoxy) is 2. The molecule has 1 fully saturated rings. The number of halogens is 4. The van der Waals surface area contributed by atoms with Gasteiger partial charge in [-0.15, -0.1) is 0 Å². The molecule has 1 saturated heterocycles. The van der Waals surface area contributed by atoms with Crippen LogP contribution in [0.25, 0.3) is 0 Å². The molecule has 0 aromatic heterocycles. The van der Waals surface area contributed by atoms with E-state index in [0.29, 0.717) is 12.8 Å². The summed E-state index contributed by atoms with van der Waals surface area (Å²) in [7, 11) is -5.48. The van der Waals surface area contributed by atoms with Gasteiger partial charge in [-0.3, -0.25) is 4.55 Å². The quantitative estimate of drug-likeness (QED) is 0.523. The Labute approximate surface area is 117 Å².